The molecular formula is C19H14ClNO7. The second-order valence-electron chi connectivity index (χ2n) is 6.61. The zero-order valence-electron chi connectivity index (χ0n) is 14.3. The normalized spacial score (nSPS) is 23.9. The highest BCUT2D eigenvalue weighted by atomic mass is 35.5. The van der Waals surface area contributed by atoms with Gasteiger partial charge in [0.15, 0.2) is 17.1 Å². The number of rotatable bonds is 2. The number of halogens is 1. The minimum Gasteiger partial charge on any atom is -0.510 e. The SMILES string of the molecule is O=C1CCC(O)=C1NC(=O)C1=CC2=C(Cl)C(=O)c3c(O)cccc3[C@]2(O)CO1. The van der Waals surface area contributed by atoms with Gasteiger partial charge < -0.3 is 25.4 Å². The Labute approximate surface area is 163 Å². The fraction of sp³-hybridized carbons (Fsp3) is 0.211. The minimum atomic E-state index is -1.84. The van der Waals surface area contributed by atoms with Gasteiger partial charge in [-0.3, -0.25) is 14.4 Å². The average molecular weight is 404 g/mol. The third kappa shape index (κ3) is 2.53. The van der Waals surface area contributed by atoms with E-state index in [1.54, 1.807) is 0 Å². The van der Waals surface area contributed by atoms with Crippen LogP contribution in [0.1, 0.15) is 28.8 Å². The van der Waals surface area contributed by atoms with Crippen molar-refractivity contribution in [3.05, 3.63) is 63.2 Å². The van der Waals surface area contributed by atoms with E-state index in [2.05, 4.69) is 5.32 Å². The molecule has 0 spiro atoms. The molecule has 144 valence electrons. The molecule has 1 aromatic rings. The first-order chi connectivity index (χ1) is 13.2. The number of aliphatic hydroxyl groups excluding tert-OH is 1. The third-order valence-corrected chi connectivity index (χ3v) is 5.30. The van der Waals surface area contributed by atoms with E-state index in [1.165, 1.54) is 18.2 Å². The fourth-order valence-corrected chi connectivity index (χ4v) is 3.77. The number of ether oxygens (including phenoxy) is 1. The average Bonchev–Trinajstić information content (AvgIpc) is 2.98. The van der Waals surface area contributed by atoms with Crippen LogP contribution in [0.3, 0.4) is 0 Å². The summed E-state index contributed by atoms with van der Waals surface area (Å²) < 4.78 is 5.37. The number of phenolic OH excluding ortho intramolecular Hbond substituents is 1. The predicted molar refractivity (Wildman–Crippen MR) is 95.3 cm³/mol. The highest BCUT2D eigenvalue weighted by Crippen LogP contribution is 2.46. The van der Waals surface area contributed by atoms with Crippen molar-refractivity contribution in [1.82, 2.24) is 5.32 Å². The summed E-state index contributed by atoms with van der Waals surface area (Å²) in [6, 6.07) is 4.22. The van der Waals surface area contributed by atoms with Gasteiger partial charge in [0, 0.05) is 24.0 Å². The number of aliphatic hydroxyl groups is 2. The molecule has 0 aromatic heterocycles. The summed E-state index contributed by atoms with van der Waals surface area (Å²) in [5.41, 5.74) is -2.11. The van der Waals surface area contributed by atoms with Crippen molar-refractivity contribution in [2.45, 2.75) is 18.4 Å². The Morgan fingerprint density at radius 3 is 2.64 bits per heavy atom. The second-order valence-corrected chi connectivity index (χ2v) is 6.99. The predicted octanol–water partition coefficient (Wildman–Crippen LogP) is 1.43. The Morgan fingerprint density at radius 1 is 1.21 bits per heavy atom. The standard InChI is InChI=1S/C19H14ClNO7/c20-15-9-6-13(18(26)21-16-11(23)4-5-12(16)24)28-7-19(9,27)8-2-1-3-10(22)14(8)17(15)25/h1-3,6,22-23,27H,4-5,7H2,(H,21,26)/t19-/m1/s1. The molecule has 0 radical (unpaired) electrons. The van der Waals surface area contributed by atoms with Crippen LogP contribution in [0.2, 0.25) is 0 Å². The van der Waals surface area contributed by atoms with E-state index in [9.17, 15) is 29.7 Å². The maximum absolute atomic E-state index is 12.6. The highest BCUT2D eigenvalue weighted by molar-refractivity contribution is 6.46. The Kier molecular flexibility index (Phi) is 4.06. The second kappa shape index (κ2) is 6.22. The highest BCUT2D eigenvalue weighted by Gasteiger charge is 2.47. The van der Waals surface area contributed by atoms with Gasteiger partial charge in [-0.2, -0.15) is 0 Å². The van der Waals surface area contributed by atoms with E-state index >= 15 is 0 Å². The summed E-state index contributed by atoms with van der Waals surface area (Å²) in [5, 5.41) is 32.7. The van der Waals surface area contributed by atoms with Crippen molar-refractivity contribution in [1.29, 1.82) is 0 Å². The van der Waals surface area contributed by atoms with Crippen LogP contribution in [-0.4, -0.2) is 39.4 Å². The van der Waals surface area contributed by atoms with Crippen molar-refractivity contribution >= 4 is 29.1 Å². The smallest absolute Gasteiger partial charge is 0.290 e. The van der Waals surface area contributed by atoms with Gasteiger partial charge in [-0.1, -0.05) is 23.7 Å². The number of hydrogen-bond acceptors (Lipinski definition) is 7. The number of nitrogens with one attached hydrogen (secondary N) is 1. The molecule has 1 amide bonds. The van der Waals surface area contributed by atoms with Gasteiger partial charge in [0.2, 0.25) is 5.78 Å². The van der Waals surface area contributed by atoms with E-state index in [1.807, 2.05) is 0 Å². The van der Waals surface area contributed by atoms with Gasteiger partial charge in [0.1, 0.15) is 23.8 Å². The molecule has 1 aromatic carbocycles. The van der Waals surface area contributed by atoms with E-state index in [0.29, 0.717) is 0 Å². The molecular weight excluding hydrogens is 390 g/mol. The van der Waals surface area contributed by atoms with Crippen LogP contribution in [0, 0.1) is 0 Å². The Morgan fingerprint density at radius 2 is 1.96 bits per heavy atom. The van der Waals surface area contributed by atoms with Crippen molar-refractivity contribution in [3.63, 3.8) is 0 Å². The number of aromatic hydroxyl groups is 1. The number of benzene rings is 1. The van der Waals surface area contributed by atoms with Gasteiger partial charge in [-0.05, 0) is 12.1 Å². The summed E-state index contributed by atoms with van der Waals surface area (Å²) in [4.78, 5) is 36.7. The topological polar surface area (TPSA) is 133 Å². The van der Waals surface area contributed by atoms with E-state index in [0.717, 1.165) is 6.08 Å². The van der Waals surface area contributed by atoms with Gasteiger partial charge in [-0.25, -0.2) is 0 Å². The van der Waals surface area contributed by atoms with Gasteiger partial charge >= 0.3 is 0 Å². The quantitative estimate of drug-likeness (QED) is 0.587. The van der Waals surface area contributed by atoms with Gasteiger partial charge in [-0.15, -0.1) is 0 Å². The van der Waals surface area contributed by atoms with Crippen LogP contribution < -0.4 is 5.32 Å². The van der Waals surface area contributed by atoms with Crippen molar-refractivity contribution in [2.24, 2.45) is 0 Å². The zero-order valence-corrected chi connectivity index (χ0v) is 15.0. The summed E-state index contributed by atoms with van der Waals surface area (Å²) in [5.74, 6) is -2.77. The number of phenols is 1. The number of carbonyl (C=O) groups excluding carboxylic acids is 3. The first-order valence-electron chi connectivity index (χ1n) is 8.35. The van der Waals surface area contributed by atoms with E-state index in [4.69, 9.17) is 16.3 Å². The first-order valence-corrected chi connectivity index (χ1v) is 8.72. The van der Waals surface area contributed by atoms with Crippen LogP contribution in [-0.2, 0) is 19.9 Å². The molecule has 3 aliphatic rings. The van der Waals surface area contributed by atoms with Crippen molar-refractivity contribution in [2.75, 3.05) is 6.61 Å². The largest absolute Gasteiger partial charge is 0.510 e. The summed E-state index contributed by atoms with van der Waals surface area (Å²) >= 11 is 6.14. The molecule has 0 saturated heterocycles. The van der Waals surface area contributed by atoms with E-state index < -0.39 is 29.7 Å². The molecule has 0 saturated carbocycles. The number of Topliss-reactive ketones (excluding diaryl/α,β-unsaturated/α-hetero) is 2. The maximum Gasteiger partial charge on any atom is 0.290 e. The number of hydrogen-bond donors (Lipinski definition) is 4. The molecule has 1 atom stereocenters. The molecule has 0 unspecified atom stereocenters. The summed E-state index contributed by atoms with van der Waals surface area (Å²) in [7, 11) is 0. The lowest BCUT2D eigenvalue weighted by Crippen LogP contribution is -2.43. The number of fused-ring (bicyclic) bond motifs is 3. The van der Waals surface area contributed by atoms with Crippen molar-refractivity contribution in [3.8, 4) is 5.75 Å². The molecule has 2 aliphatic carbocycles. The van der Waals surface area contributed by atoms with Crippen LogP contribution in [0.5, 0.6) is 5.75 Å². The number of ketones is 2. The molecule has 9 heteroatoms. The van der Waals surface area contributed by atoms with Gasteiger partial charge in [0.25, 0.3) is 5.91 Å². The Hall–Kier alpha value is -3.10. The number of amides is 1. The third-order valence-electron chi connectivity index (χ3n) is 4.93. The Bertz CT molecular complexity index is 1050. The molecule has 0 fully saturated rings. The molecule has 4 N–H and O–H groups in total. The monoisotopic (exact) mass is 403 g/mol. The molecule has 0 bridgehead atoms. The number of carbonyl (C=O) groups is 3. The maximum atomic E-state index is 12.6. The molecule has 28 heavy (non-hydrogen) atoms. The van der Waals surface area contributed by atoms with Crippen LogP contribution >= 0.6 is 11.6 Å². The summed E-state index contributed by atoms with van der Waals surface area (Å²) in [6.07, 6.45) is 1.34. The van der Waals surface area contributed by atoms with E-state index in [-0.39, 0.29) is 57.5 Å². The zero-order chi connectivity index (χ0) is 20.2. The van der Waals surface area contributed by atoms with Crippen LogP contribution in [0.15, 0.2) is 52.1 Å². The molecule has 1 aliphatic heterocycles. The number of allylic oxidation sites excluding steroid dienone is 3. The van der Waals surface area contributed by atoms with Gasteiger partial charge in [0.05, 0.1) is 10.6 Å². The summed E-state index contributed by atoms with van der Waals surface area (Å²) in [6.45, 7) is -0.444. The molecule has 4 rings (SSSR count). The van der Waals surface area contributed by atoms with Crippen molar-refractivity contribution < 1.29 is 34.4 Å². The Balaban J connectivity index is 1.74. The van der Waals surface area contributed by atoms with Crippen LogP contribution in [0.4, 0.5) is 0 Å². The van der Waals surface area contributed by atoms with Crippen LogP contribution in [0.25, 0.3) is 0 Å². The first kappa shape index (κ1) is 18.3. The lowest BCUT2D eigenvalue weighted by atomic mass is 9.76. The molecule has 1 heterocycles. The molecule has 8 nitrogen and oxygen atoms in total. The lowest BCUT2D eigenvalue weighted by Gasteiger charge is -2.38. The fourth-order valence-electron chi connectivity index (χ4n) is 3.47. The minimum absolute atomic E-state index is 0.0513. The lowest BCUT2D eigenvalue weighted by molar-refractivity contribution is -0.124.